The molecule has 3 atom stereocenters. The SMILES string of the molecule is c1ccc2c(c1)CCC1C(Nc3ncnc4sccc34)C21. The third-order valence-corrected chi connectivity index (χ3v) is 5.72. The lowest BCUT2D eigenvalue weighted by Gasteiger charge is -2.13. The minimum atomic E-state index is 0.534. The van der Waals surface area contributed by atoms with Crippen LogP contribution in [0.2, 0.25) is 0 Å². The zero-order chi connectivity index (χ0) is 13.8. The Labute approximate surface area is 127 Å². The van der Waals surface area contributed by atoms with Crippen molar-refractivity contribution < 1.29 is 0 Å². The molecule has 2 aromatic heterocycles. The first-order valence-corrected chi connectivity index (χ1v) is 8.32. The maximum absolute atomic E-state index is 4.46. The van der Waals surface area contributed by atoms with Crippen LogP contribution >= 0.6 is 11.3 Å². The van der Waals surface area contributed by atoms with Crippen molar-refractivity contribution in [3.63, 3.8) is 0 Å². The lowest BCUT2D eigenvalue weighted by atomic mass is 9.92. The summed E-state index contributed by atoms with van der Waals surface area (Å²) in [5, 5.41) is 6.92. The second-order valence-corrected chi connectivity index (χ2v) is 6.85. The van der Waals surface area contributed by atoms with Crippen molar-refractivity contribution in [2.24, 2.45) is 5.92 Å². The van der Waals surface area contributed by atoms with Crippen LogP contribution in [-0.4, -0.2) is 16.0 Å². The molecule has 1 saturated carbocycles. The summed E-state index contributed by atoms with van der Waals surface area (Å²) in [7, 11) is 0. The minimum absolute atomic E-state index is 0.534. The largest absolute Gasteiger partial charge is 0.366 e. The molecule has 0 saturated heterocycles. The van der Waals surface area contributed by atoms with Gasteiger partial charge in [0.25, 0.3) is 0 Å². The number of hydrogen-bond donors (Lipinski definition) is 1. The Balaban J connectivity index is 1.48. The summed E-state index contributed by atoms with van der Waals surface area (Å²) in [5.74, 6) is 2.43. The quantitative estimate of drug-likeness (QED) is 0.780. The molecule has 1 aromatic carbocycles. The zero-order valence-electron chi connectivity index (χ0n) is 11.5. The fraction of sp³-hybridized carbons (Fsp3) is 0.294. The van der Waals surface area contributed by atoms with Crippen molar-refractivity contribution >= 4 is 27.4 Å². The molecule has 5 rings (SSSR count). The molecule has 4 heteroatoms. The van der Waals surface area contributed by atoms with Gasteiger partial charge in [-0.3, -0.25) is 0 Å². The standard InChI is InChI=1S/C17H15N3S/c1-2-4-11-10(3-1)5-6-12-14(11)15(12)20-16-13-7-8-21-17(13)19-9-18-16/h1-4,7-9,12,14-15H,5-6H2,(H,18,19,20). The van der Waals surface area contributed by atoms with Crippen LogP contribution in [0.4, 0.5) is 5.82 Å². The summed E-state index contributed by atoms with van der Waals surface area (Å²) in [6.45, 7) is 0. The van der Waals surface area contributed by atoms with Crippen LogP contribution in [0.3, 0.4) is 0 Å². The maximum Gasteiger partial charge on any atom is 0.138 e. The molecule has 0 aliphatic heterocycles. The summed E-state index contributed by atoms with van der Waals surface area (Å²) in [4.78, 5) is 9.85. The van der Waals surface area contributed by atoms with Gasteiger partial charge in [-0.05, 0) is 41.3 Å². The smallest absolute Gasteiger partial charge is 0.138 e. The molecule has 0 spiro atoms. The minimum Gasteiger partial charge on any atom is -0.366 e. The summed E-state index contributed by atoms with van der Waals surface area (Å²) in [6.07, 6.45) is 4.17. The highest BCUT2D eigenvalue weighted by Crippen LogP contribution is 2.55. The number of nitrogens with zero attached hydrogens (tertiary/aromatic N) is 2. The molecule has 1 fully saturated rings. The highest BCUT2D eigenvalue weighted by Gasteiger charge is 2.53. The van der Waals surface area contributed by atoms with Gasteiger partial charge in [-0.2, -0.15) is 0 Å². The molecule has 3 nitrogen and oxygen atoms in total. The average Bonchev–Trinajstić information content (AvgIpc) is 3.01. The molecule has 21 heavy (non-hydrogen) atoms. The van der Waals surface area contributed by atoms with Crippen molar-refractivity contribution in [2.45, 2.75) is 24.8 Å². The van der Waals surface area contributed by atoms with E-state index in [4.69, 9.17) is 0 Å². The van der Waals surface area contributed by atoms with E-state index in [0.717, 1.165) is 22.0 Å². The molecule has 0 radical (unpaired) electrons. The van der Waals surface area contributed by atoms with E-state index in [1.165, 1.54) is 18.4 Å². The summed E-state index contributed by atoms with van der Waals surface area (Å²) >= 11 is 1.67. The van der Waals surface area contributed by atoms with Crippen LogP contribution in [-0.2, 0) is 6.42 Å². The van der Waals surface area contributed by atoms with Crippen LogP contribution in [0.1, 0.15) is 23.5 Å². The molecule has 3 aromatic rings. The van der Waals surface area contributed by atoms with Crippen LogP contribution in [0, 0.1) is 5.92 Å². The van der Waals surface area contributed by atoms with Gasteiger partial charge in [0.15, 0.2) is 0 Å². The van der Waals surface area contributed by atoms with Gasteiger partial charge in [-0.1, -0.05) is 24.3 Å². The Morgan fingerprint density at radius 3 is 3.10 bits per heavy atom. The third-order valence-electron chi connectivity index (χ3n) is 4.89. The highest BCUT2D eigenvalue weighted by atomic mass is 32.1. The number of aryl methyl sites for hydroxylation is 1. The number of fused-ring (bicyclic) bond motifs is 4. The van der Waals surface area contributed by atoms with Crippen LogP contribution in [0.5, 0.6) is 0 Å². The van der Waals surface area contributed by atoms with Crippen molar-refractivity contribution in [1.82, 2.24) is 9.97 Å². The molecule has 0 bridgehead atoms. The Morgan fingerprint density at radius 1 is 1.14 bits per heavy atom. The average molecular weight is 293 g/mol. The predicted molar refractivity (Wildman–Crippen MR) is 85.8 cm³/mol. The van der Waals surface area contributed by atoms with Gasteiger partial charge in [0.05, 0.1) is 5.39 Å². The zero-order valence-corrected chi connectivity index (χ0v) is 12.3. The fourth-order valence-corrected chi connectivity index (χ4v) is 4.56. The van der Waals surface area contributed by atoms with E-state index in [-0.39, 0.29) is 0 Å². The van der Waals surface area contributed by atoms with Gasteiger partial charge in [0.1, 0.15) is 17.0 Å². The second kappa shape index (κ2) is 4.28. The Bertz CT molecular complexity index is 826. The van der Waals surface area contributed by atoms with E-state index in [0.29, 0.717) is 12.0 Å². The van der Waals surface area contributed by atoms with Crippen LogP contribution in [0.15, 0.2) is 42.0 Å². The molecule has 104 valence electrons. The van der Waals surface area contributed by atoms with Crippen LogP contribution < -0.4 is 5.32 Å². The molecule has 1 N–H and O–H groups in total. The number of hydrogen-bond acceptors (Lipinski definition) is 4. The van der Waals surface area contributed by atoms with Gasteiger partial charge in [-0.25, -0.2) is 9.97 Å². The number of anilines is 1. The summed E-state index contributed by atoms with van der Waals surface area (Å²) in [6, 6.07) is 11.5. The molecule has 0 amide bonds. The van der Waals surface area contributed by atoms with Gasteiger partial charge >= 0.3 is 0 Å². The number of nitrogens with one attached hydrogen (secondary N) is 1. The van der Waals surface area contributed by atoms with Crippen molar-refractivity contribution in [1.29, 1.82) is 0 Å². The van der Waals surface area contributed by atoms with Crippen molar-refractivity contribution in [3.05, 3.63) is 53.2 Å². The molecular weight excluding hydrogens is 278 g/mol. The summed E-state index contributed by atoms with van der Waals surface area (Å²) in [5.41, 5.74) is 3.08. The number of rotatable bonds is 2. The molecule has 2 aliphatic carbocycles. The lowest BCUT2D eigenvalue weighted by Crippen LogP contribution is -2.07. The topological polar surface area (TPSA) is 37.8 Å². The van der Waals surface area contributed by atoms with Crippen molar-refractivity contribution in [3.8, 4) is 0 Å². The van der Waals surface area contributed by atoms with E-state index in [9.17, 15) is 0 Å². The third kappa shape index (κ3) is 1.72. The van der Waals surface area contributed by atoms with Crippen LogP contribution in [0.25, 0.3) is 10.2 Å². The highest BCUT2D eigenvalue weighted by molar-refractivity contribution is 7.16. The number of thiophene rings is 1. The van der Waals surface area contributed by atoms with E-state index in [1.54, 1.807) is 23.2 Å². The monoisotopic (exact) mass is 293 g/mol. The van der Waals surface area contributed by atoms with Crippen molar-refractivity contribution in [2.75, 3.05) is 5.32 Å². The van der Waals surface area contributed by atoms with Gasteiger partial charge in [-0.15, -0.1) is 11.3 Å². The van der Waals surface area contributed by atoms with Gasteiger partial charge < -0.3 is 5.32 Å². The molecule has 2 heterocycles. The molecule has 2 aliphatic rings. The molecular formula is C17H15N3S. The first-order chi connectivity index (χ1) is 10.4. The predicted octanol–water partition coefficient (Wildman–Crippen LogP) is 3.83. The summed E-state index contributed by atoms with van der Waals surface area (Å²) < 4.78 is 0. The first kappa shape index (κ1) is 11.7. The van der Waals surface area contributed by atoms with E-state index in [2.05, 4.69) is 51.0 Å². The fourth-order valence-electron chi connectivity index (χ4n) is 3.83. The Hall–Kier alpha value is -1.94. The van der Waals surface area contributed by atoms with Gasteiger partial charge in [0, 0.05) is 12.0 Å². The normalized spacial score (nSPS) is 26.2. The molecule has 3 unspecified atom stereocenters. The lowest BCUT2D eigenvalue weighted by molar-refractivity contribution is 0.661. The van der Waals surface area contributed by atoms with E-state index >= 15 is 0 Å². The van der Waals surface area contributed by atoms with E-state index < -0.39 is 0 Å². The van der Waals surface area contributed by atoms with Gasteiger partial charge in [0.2, 0.25) is 0 Å². The Kier molecular flexibility index (Phi) is 2.38. The second-order valence-electron chi connectivity index (χ2n) is 5.96. The number of aromatic nitrogens is 2. The maximum atomic E-state index is 4.46. The Morgan fingerprint density at radius 2 is 2.10 bits per heavy atom. The first-order valence-electron chi connectivity index (χ1n) is 7.44. The number of benzene rings is 1. The van der Waals surface area contributed by atoms with E-state index in [1.807, 2.05) is 0 Å².